The van der Waals surface area contributed by atoms with E-state index in [2.05, 4.69) is 26.8 Å². The van der Waals surface area contributed by atoms with Crippen LogP contribution in [-0.4, -0.2) is 5.78 Å². The van der Waals surface area contributed by atoms with Gasteiger partial charge in [-0.25, -0.2) is 0 Å². The quantitative estimate of drug-likeness (QED) is 0.738. The molecule has 19 heavy (non-hydrogen) atoms. The predicted molar refractivity (Wildman–Crippen MR) is 79.4 cm³/mol. The van der Waals surface area contributed by atoms with E-state index in [4.69, 9.17) is 4.42 Å². The van der Waals surface area contributed by atoms with Crippen LogP contribution in [0.2, 0.25) is 0 Å². The molecule has 0 spiro atoms. The third-order valence-electron chi connectivity index (χ3n) is 3.36. The first-order valence-corrected chi connectivity index (χ1v) is 7.25. The maximum atomic E-state index is 12.6. The van der Waals surface area contributed by atoms with Gasteiger partial charge >= 0.3 is 0 Å². The molecule has 0 unspecified atom stereocenters. The number of furan rings is 1. The van der Waals surface area contributed by atoms with Gasteiger partial charge in [-0.15, -0.1) is 11.3 Å². The Morgan fingerprint density at radius 1 is 1.11 bits per heavy atom. The van der Waals surface area contributed by atoms with Crippen LogP contribution in [0.1, 0.15) is 58.0 Å². The summed E-state index contributed by atoms with van der Waals surface area (Å²) in [5.41, 5.74) is 1.76. The van der Waals surface area contributed by atoms with Gasteiger partial charge in [0.15, 0.2) is 0 Å². The van der Waals surface area contributed by atoms with E-state index in [1.165, 1.54) is 4.88 Å². The van der Waals surface area contributed by atoms with Crippen LogP contribution in [0.4, 0.5) is 0 Å². The zero-order chi connectivity index (χ0) is 14.4. The summed E-state index contributed by atoms with van der Waals surface area (Å²) in [6.07, 6.45) is 0. The fourth-order valence-electron chi connectivity index (χ4n) is 2.11. The van der Waals surface area contributed by atoms with Crippen LogP contribution in [0, 0.1) is 20.8 Å². The minimum absolute atomic E-state index is 0.0763. The Hall–Kier alpha value is -1.35. The van der Waals surface area contributed by atoms with E-state index in [1.54, 1.807) is 11.3 Å². The summed E-state index contributed by atoms with van der Waals surface area (Å²) < 4.78 is 5.55. The lowest BCUT2D eigenvalue weighted by Crippen LogP contribution is -2.08. The van der Waals surface area contributed by atoms with Gasteiger partial charge < -0.3 is 4.42 Å². The molecular formula is C16H20O2S. The molecule has 0 aliphatic carbocycles. The van der Waals surface area contributed by atoms with Crippen LogP contribution in [0.25, 0.3) is 0 Å². The fourth-order valence-corrected chi connectivity index (χ4v) is 3.12. The summed E-state index contributed by atoms with van der Waals surface area (Å²) in [6, 6.07) is 3.98. The monoisotopic (exact) mass is 276 g/mol. The van der Waals surface area contributed by atoms with Crippen molar-refractivity contribution < 1.29 is 9.21 Å². The molecule has 0 radical (unpaired) electrons. The smallest absolute Gasteiger partial charge is 0.206 e. The van der Waals surface area contributed by atoms with E-state index in [0.29, 0.717) is 5.76 Å². The maximum absolute atomic E-state index is 12.6. The van der Waals surface area contributed by atoms with Crippen molar-refractivity contribution in [1.82, 2.24) is 0 Å². The molecule has 0 fully saturated rings. The molecule has 2 nitrogen and oxygen atoms in total. The molecule has 0 aromatic carbocycles. The Bertz CT molecular complexity index is 624. The number of hydrogen-bond donors (Lipinski definition) is 0. The summed E-state index contributed by atoms with van der Waals surface area (Å²) in [6.45, 7) is 12.2. The SMILES string of the molecule is Cc1oc(C)c(C(=O)c2ccc(C(C)(C)C)s2)c1C. The predicted octanol–water partition coefficient (Wildman–Crippen LogP) is 4.79. The molecule has 0 N–H and O–H groups in total. The van der Waals surface area contributed by atoms with E-state index in [-0.39, 0.29) is 11.2 Å². The van der Waals surface area contributed by atoms with Crippen molar-refractivity contribution >= 4 is 17.1 Å². The van der Waals surface area contributed by atoms with Gasteiger partial charge in [-0.2, -0.15) is 0 Å². The minimum atomic E-state index is 0.0763. The van der Waals surface area contributed by atoms with Crippen molar-refractivity contribution in [2.24, 2.45) is 0 Å². The highest BCUT2D eigenvalue weighted by atomic mass is 32.1. The summed E-state index contributed by atoms with van der Waals surface area (Å²) >= 11 is 1.58. The molecule has 2 heterocycles. The van der Waals surface area contributed by atoms with E-state index >= 15 is 0 Å². The van der Waals surface area contributed by atoms with Crippen molar-refractivity contribution in [1.29, 1.82) is 0 Å². The number of thiophene rings is 1. The van der Waals surface area contributed by atoms with Crippen LogP contribution in [0.3, 0.4) is 0 Å². The molecule has 2 aromatic heterocycles. The van der Waals surface area contributed by atoms with Crippen LogP contribution < -0.4 is 0 Å². The van der Waals surface area contributed by atoms with Gasteiger partial charge in [0.25, 0.3) is 0 Å². The molecule has 2 rings (SSSR count). The lowest BCUT2D eigenvalue weighted by molar-refractivity contribution is 0.104. The van der Waals surface area contributed by atoms with Crippen LogP contribution in [-0.2, 0) is 5.41 Å². The Labute approximate surface area is 118 Å². The largest absolute Gasteiger partial charge is 0.466 e. The van der Waals surface area contributed by atoms with Crippen molar-refractivity contribution in [3.63, 3.8) is 0 Å². The minimum Gasteiger partial charge on any atom is -0.466 e. The topological polar surface area (TPSA) is 30.2 Å². The molecule has 102 valence electrons. The Balaban J connectivity index is 2.42. The summed E-state index contributed by atoms with van der Waals surface area (Å²) in [5.74, 6) is 1.62. The number of rotatable bonds is 2. The average Bonchev–Trinajstić information content (AvgIpc) is 2.84. The van der Waals surface area contributed by atoms with E-state index in [9.17, 15) is 4.79 Å². The third-order valence-corrected chi connectivity index (χ3v) is 4.87. The molecule has 0 bridgehead atoms. The van der Waals surface area contributed by atoms with Gasteiger partial charge in [-0.05, 0) is 38.3 Å². The number of carbonyl (C=O) groups excluding carboxylic acids is 1. The van der Waals surface area contributed by atoms with Crippen molar-refractivity contribution in [2.45, 2.75) is 47.0 Å². The normalized spacial score (nSPS) is 11.9. The summed E-state index contributed by atoms with van der Waals surface area (Å²) in [7, 11) is 0. The molecule has 0 aliphatic heterocycles. The van der Waals surface area contributed by atoms with Crippen LogP contribution in [0.15, 0.2) is 16.5 Å². The average molecular weight is 276 g/mol. The van der Waals surface area contributed by atoms with Crippen LogP contribution >= 0.6 is 11.3 Å². The standard InChI is InChI=1S/C16H20O2S/c1-9-10(2)18-11(3)14(9)15(17)12-7-8-13(19-12)16(4,5)6/h7-8H,1-6H3. The Kier molecular flexibility index (Phi) is 3.43. The fraction of sp³-hybridized carbons (Fsp3) is 0.438. The highest BCUT2D eigenvalue weighted by Gasteiger charge is 2.23. The highest BCUT2D eigenvalue weighted by Crippen LogP contribution is 2.32. The van der Waals surface area contributed by atoms with E-state index in [0.717, 1.165) is 21.8 Å². The van der Waals surface area contributed by atoms with Crippen LogP contribution in [0.5, 0.6) is 0 Å². The van der Waals surface area contributed by atoms with Crippen molar-refractivity contribution in [2.75, 3.05) is 0 Å². The first-order valence-electron chi connectivity index (χ1n) is 6.43. The Morgan fingerprint density at radius 3 is 2.16 bits per heavy atom. The van der Waals surface area contributed by atoms with Gasteiger partial charge in [0.1, 0.15) is 11.5 Å². The summed E-state index contributed by atoms with van der Waals surface area (Å²) in [5, 5.41) is 0. The molecule has 0 atom stereocenters. The summed E-state index contributed by atoms with van der Waals surface area (Å²) in [4.78, 5) is 14.6. The molecule has 3 heteroatoms. The highest BCUT2D eigenvalue weighted by molar-refractivity contribution is 7.14. The van der Waals surface area contributed by atoms with Crippen molar-refractivity contribution in [3.8, 4) is 0 Å². The zero-order valence-corrected chi connectivity index (χ0v) is 13.2. The number of carbonyl (C=O) groups is 1. The molecular weight excluding hydrogens is 256 g/mol. The number of aryl methyl sites for hydroxylation is 2. The van der Waals surface area contributed by atoms with Gasteiger partial charge in [0.2, 0.25) is 5.78 Å². The van der Waals surface area contributed by atoms with Gasteiger partial charge in [-0.1, -0.05) is 20.8 Å². The van der Waals surface area contributed by atoms with E-state index < -0.39 is 0 Å². The van der Waals surface area contributed by atoms with Gasteiger partial charge in [0, 0.05) is 10.4 Å². The maximum Gasteiger partial charge on any atom is 0.206 e. The second-order valence-electron chi connectivity index (χ2n) is 5.96. The lowest BCUT2D eigenvalue weighted by atomic mass is 9.95. The molecule has 0 aliphatic rings. The van der Waals surface area contributed by atoms with Gasteiger partial charge in [-0.3, -0.25) is 4.79 Å². The third kappa shape index (κ3) is 2.52. The van der Waals surface area contributed by atoms with Crippen molar-refractivity contribution in [3.05, 3.63) is 44.5 Å². The number of hydrogen-bond acceptors (Lipinski definition) is 3. The second kappa shape index (κ2) is 4.64. The molecule has 0 amide bonds. The first-order chi connectivity index (χ1) is 8.71. The number of ketones is 1. The molecule has 0 saturated heterocycles. The van der Waals surface area contributed by atoms with E-state index in [1.807, 2.05) is 26.8 Å². The first kappa shape index (κ1) is 14.1. The lowest BCUT2D eigenvalue weighted by Gasteiger charge is -2.15. The zero-order valence-electron chi connectivity index (χ0n) is 12.4. The second-order valence-corrected chi connectivity index (χ2v) is 7.04. The Morgan fingerprint density at radius 2 is 1.74 bits per heavy atom. The molecule has 0 saturated carbocycles. The molecule has 2 aromatic rings. The van der Waals surface area contributed by atoms with Gasteiger partial charge in [0.05, 0.1) is 10.4 Å².